The summed E-state index contributed by atoms with van der Waals surface area (Å²) in [7, 11) is 0. The van der Waals surface area contributed by atoms with Crippen molar-refractivity contribution in [1.82, 2.24) is 15.6 Å². The van der Waals surface area contributed by atoms with Crippen molar-refractivity contribution in [3.8, 4) is 5.88 Å². The van der Waals surface area contributed by atoms with Crippen LogP contribution in [0.5, 0.6) is 5.88 Å². The summed E-state index contributed by atoms with van der Waals surface area (Å²) in [4.78, 5) is 16.0. The summed E-state index contributed by atoms with van der Waals surface area (Å²) < 4.78 is 5.44. The van der Waals surface area contributed by atoms with E-state index >= 15 is 0 Å². The van der Waals surface area contributed by atoms with Crippen molar-refractivity contribution >= 4 is 17.5 Å². The molecular formula is C16H24ClN3O2. The average molecular weight is 326 g/mol. The third-order valence-corrected chi connectivity index (χ3v) is 4.32. The molecule has 2 N–H and O–H groups in total. The summed E-state index contributed by atoms with van der Waals surface area (Å²) in [5.74, 6) is 1.48. The molecule has 1 aliphatic rings. The standard InChI is InChI=1S/C16H24ClN3O2/c1-12(13-4-2-6-18-11-13)10-15(21)19-8-9-22-16-14(17)5-3-7-20-16/h3,5,7,12-13,18H,2,4,6,8-11H2,1H3,(H,19,21). The Morgan fingerprint density at radius 2 is 2.50 bits per heavy atom. The van der Waals surface area contributed by atoms with Gasteiger partial charge in [0.05, 0.1) is 6.54 Å². The number of nitrogens with one attached hydrogen (secondary N) is 2. The Balaban J connectivity index is 1.62. The van der Waals surface area contributed by atoms with E-state index in [4.69, 9.17) is 16.3 Å². The molecule has 0 spiro atoms. The largest absolute Gasteiger partial charge is 0.475 e. The number of rotatable bonds is 7. The number of hydrogen-bond acceptors (Lipinski definition) is 4. The minimum Gasteiger partial charge on any atom is -0.475 e. The highest BCUT2D eigenvalue weighted by molar-refractivity contribution is 6.31. The first-order chi connectivity index (χ1) is 10.7. The molecule has 2 atom stereocenters. The van der Waals surface area contributed by atoms with Crippen LogP contribution in [0, 0.1) is 11.8 Å². The van der Waals surface area contributed by atoms with Crippen molar-refractivity contribution in [1.29, 1.82) is 0 Å². The number of carbonyl (C=O) groups is 1. The summed E-state index contributed by atoms with van der Waals surface area (Å²) in [6.45, 7) is 5.10. The van der Waals surface area contributed by atoms with Gasteiger partial charge in [0.25, 0.3) is 0 Å². The Bertz CT molecular complexity index is 478. The quantitative estimate of drug-likeness (QED) is 0.755. The molecular weight excluding hydrogens is 302 g/mol. The van der Waals surface area contributed by atoms with Gasteiger partial charge in [0, 0.05) is 12.6 Å². The number of carbonyl (C=O) groups excluding carboxylic acids is 1. The number of hydrogen-bond donors (Lipinski definition) is 2. The number of ether oxygens (including phenoxy) is 1. The van der Waals surface area contributed by atoms with Crippen LogP contribution in [-0.2, 0) is 4.79 Å². The maximum Gasteiger partial charge on any atom is 0.232 e. The second-order valence-corrected chi connectivity index (χ2v) is 6.18. The molecule has 1 amide bonds. The minimum atomic E-state index is 0.0776. The van der Waals surface area contributed by atoms with Crippen LogP contribution >= 0.6 is 11.6 Å². The maximum absolute atomic E-state index is 11.9. The van der Waals surface area contributed by atoms with Crippen LogP contribution < -0.4 is 15.4 Å². The van der Waals surface area contributed by atoms with Crippen LogP contribution in [0.25, 0.3) is 0 Å². The normalized spacial score (nSPS) is 19.5. The van der Waals surface area contributed by atoms with E-state index < -0.39 is 0 Å². The molecule has 22 heavy (non-hydrogen) atoms. The van der Waals surface area contributed by atoms with Crippen LogP contribution in [0.3, 0.4) is 0 Å². The lowest BCUT2D eigenvalue weighted by molar-refractivity contribution is -0.122. The number of pyridine rings is 1. The van der Waals surface area contributed by atoms with E-state index in [1.807, 2.05) is 0 Å². The summed E-state index contributed by atoms with van der Waals surface area (Å²) >= 11 is 5.94. The summed E-state index contributed by atoms with van der Waals surface area (Å²) in [5, 5.41) is 6.76. The molecule has 2 rings (SSSR count). The predicted octanol–water partition coefficient (Wildman–Crippen LogP) is 2.26. The van der Waals surface area contributed by atoms with Crippen molar-refractivity contribution in [3.63, 3.8) is 0 Å². The van der Waals surface area contributed by atoms with E-state index in [1.165, 1.54) is 12.8 Å². The van der Waals surface area contributed by atoms with Gasteiger partial charge in [-0.15, -0.1) is 0 Å². The molecule has 5 nitrogen and oxygen atoms in total. The lowest BCUT2D eigenvalue weighted by Crippen LogP contribution is -2.36. The number of piperidine rings is 1. The molecule has 1 aromatic rings. The highest BCUT2D eigenvalue weighted by Crippen LogP contribution is 2.22. The molecule has 2 unspecified atom stereocenters. The molecule has 1 aromatic heterocycles. The fraction of sp³-hybridized carbons (Fsp3) is 0.625. The van der Waals surface area contributed by atoms with Gasteiger partial charge in [-0.05, 0) is 49.9 Å². The van der Waals surface area contributed by atoms with Gasteiger partial charge in [-0.3, -0.25) is 4.79 Å². The zero-order chi connectivity index (χ0) is 15.8. The Morgan fingerprint density at radius 3 is 3.23 bits per heavy atom. The van der Waals surface area contributed by atoms with Crippen LogP contribution in [0.2, 0.25) is 5.02 Å². The highest BCUT2D eigenvalue weighted by Gasteiger charge is 2.21. The monoisotopic (exact) mass is 325 g/mol. The van der Waals surface area contributed by atoms with E-state index in [-0.39, 0.29) is 5.91 Å². The predicted molar refractivity (Wildman–Crippen MR) is 87.1 cm³/mol. The number of amides is 1. The molecule has 122 valence electrons. The third kappa shape index (κ3) is 5.46. The minimum absolute atomic E-state index is 0.0776. The summed E-state index contributed by atoms with van der Waals surface area (Å²) in [5.41, 5.74) is 0. The van der Waals surface area contributed by atoms with E-state index in [0.717, 1.165) is 13.1 Å². The van der Waals surface area contributed by atoms with Crippen molar-refractivity contribution in [2.24, 2.45) is 11.8 Å². The van der Waals surface area contributed by atoms with Gasteiger partial charge in [0.1, 0.15) is 11.6 Å². The number of nitrogens with zero attached hydrogens (tertiary/aromatic N) is 1. The molecule has 1 aliphatic heterocycles. The molecule has 0 radical (unpaired) electrons. The van der Waals surface area contributed by atoms with E-state index in [0.29, 0.717) is 42.3 Å². The van der Waals surface area contributed by atoms with Crippen molar-refractivity contribution < 1.29 is 9.53 Å². The van der Waals surface area contributed by atoms with Crippen LogP contribution in [0.4, 0.5) is 0 Å². The molecule has 0 bridgehead atoms. The second-order valence-electron chi connectivity index (χ2n) is 5.78. The molecule has 6 heteroatoms. The van der Waals surface area contributed by atoms with Gasteiger partial charge >= 0.3 is 0 Å². The Kier molecular flexibility index (Phi) is 6.93. The fourth-order valence-corrected chi connectivity index (χ4v) is 2.89. The summed E-state index contributed by atoms with van der Waals surface area (Å²) in [6, 6.07) is 3.47. The molecule has 1 fully saturated rings. The third-order valence-electron chi connectivity index (χ3n) is 4.03. The first-order valence-corrected chi connectivity index (χ1v) is 8.25. The van der Waals surface area contributed by atoms with Gasteiger partial charge < -0.3 is 15.4 Å². The number of halogens is 1. The first kappa shape index (κ1) is 17.0. The zero-order valence-electron chi connectivity index (χ0n) is 13.0. The van der Waals surface area contributed by atoms with Crippen molar-refractivity contribution in [2.75, 3.05) is 26.2 Å². The Morgan fingerprint density at radius 1 is 1.64 bits per heavy atom. The van der Waals surface area contributed by atoms with Gasteiger partial charge in [0.2, 0.25) is 11.8 Å². The van der Waals surface area contributed by atoms with Crippen LogP contribution in [-0.4, -0.2) is 37.1 Å². The maximum atomic E-state index is 11.9. The smallest absolute Gasteiger partial charge is 0.232 e. The van der Waals surface area contributed by atoms with E-state index in [2.05, 4.69) is 22.5 Å². The molecule has 0 aromatic carbocycles. The van der Waals surface area contributed by atoms with Gasteiger partial charge in [0.15, 0.2) is 0 Å². The van der Waals surface area contributed by atoms with Crippen molar-refractivity contribution in [3.05, 3.63) is 23.4 Å². The molecule has 0 saturated carbocycles. The van der Waals surface area contributed by atoms with E-state index in [9.17, 15) is 4.79 Å². The lowest BCUT2D eigenvalue weighted by atomic mass is 9.85. The Labute approximate surface area is 136 Å². The van der Waals surface area contributed by atoms with Crippen LogP contribution in [0.1, 0.15) is 26.2 Å². The second kappa shape index (κ2) is 8.96. The van der Waals surface area contributed by atoms with Gasteiger partial charge in [-0.2, -0.15) is 0 Å². The lowest BCUT2D eigenvalue weighted by Gasteiger charge is -2.28. The first-order valence-electron chi connectivity index (χ1n) is 7.87. The molecule has 2 heterocycles. The van der Waals surface area contributed by atoms with Gasteiger partial charge in [-0.1, -0.05) is 18.5 Å². The topological polar surface area (TPSA) is 63.2 Å². The zero-order valence-corrected chi connectivity index (χ0v) is 13.7. The van der Waals surface area contributed by atoms with Crippen LogP contribution in [0.15, 0.2) is 18.3 Å². The highest BCUT2D eigenvalue weighted by atomic mass is 35.5. The molecule has 0 aliphatic carbocycles. The summed E-state index contributed by atoms with van der Waals surface area (Å²) in [6.07, 6.45) is 4.61. The SMILES string of the molecule is CC(CC(=O)NCCOc1ncccc1Cl)C1CCCNC1. The van der Waals surface area contributed by atoms with E-state index in [1.54, 1.807) is 18.3 Å². The number of aromatic nitrogens is 1. The average Bonchev–Trinajstić information content (AvgIpc) is 2.54. The Hall–Kier alpha value is -1.33. The molecule has 1 saturated heterocycles. The fourth-order valence-electron chi connectivity index (χ4n) is 2.71. The van der Waals surface area contributed by atoms with Gasteiger partial charge in [-0.25, -0.2) is 4.98 Å². The van der Waals surface area contributed by atoms with Crippen molar-refractivity contribution in [2.45, 2.75) is 26.2 Å².